The van der Waals surface area contributed by atoms with Crippen LogP contribution in [0.15, 0.2) is 18.2 Å². The largest absolute Gasteiger partial charge is 0.392 e. The zero-order chi connectivity index (χ0) is 13.5. The van der Waals surface area contributed by atoms with Crippen molar-refractivity contribution in [1.82, 2.24) is 10.6 Å². The highest BCUT2D eigenvalue weighted by Crippen LogP contribution is 2.11. The number of hydrogen-bond donors (Lipinski definition) is 3. The van der Waals surface area contributed by atoms with Gasteiger partial charge in [-0.3, -0.25) is 4.79 Å². The van der Waals surface area contributed by atoms with E-state index in [-0.39, 0.29) is 5.56 Å². The third-order valence-corrected chi connectivity index (χ3v) is 2.46. The van der Waals surface area contributed by atoms with Gasteiger partial charge in [-0.05, 0) is 25.5 Å². The van der Waals surface area contributed by atoms with E-state index in [2.05, 4.69) is 10.6 Å². The molecule has 0 spiro atoms. The Morgan fingerprint density at radius 2 is 2.17 bits per heavy atom. The number of carbonyl (C=O) groups excluding carboxylic acids is 1. The molecule has 1 aromatic rings. The second-order valence-electron chi connectivity index (χ2n) is 4.25. The van der Waals surface area contributed by atoms with Gasteiger partial charge in [-0.1, -0.05) is 12.1 Å². The molecule has 0 saturated heterocycles. The van der Waals surface area contributed by atoms with Gasteiger partial charge in [0.2, 0.25) is 0 Å². The van der Waals surface area contributed by atoms with Crippen LogP contribution in [0.25, 0.3) is 0 Å². The Balaban J connectivity index is 2.39. The number of benzene rings is 1. The van der Waals surface area contributed by atoms with Crippen molar-refractivity contribution < 1.29 is 14.3 Å². The molecule has 1 unspecified atom stereocenters. The van der Waals surface area contributed by atoms with Crippen LogP contribution in [0.2, 0.25) is 0 Å². The second-order valence-corrected chi connectivity index (χ2v) is 4.25. The standard InChI is InChI=1S/C13H19FN2O2/c1-9-4-3-5-11(12(9)14)13(18)16-7-6-15-8-10(2)17/h3-5,10,15,17H,6-8H2,1-2H3,(H,16,18). The molecular formula is C13H19FN2O2. The van der Waals surface area contributed by atoms with Crippen LogP contribution in [0, 0.1) is 12.7 Å². The Hall–Kier alpha value is -1.46. The lowest BCUT2D eigenvalue weighted by Crippen LogP contribution is -2.34. The molecule has 0 bridgehead atoms. The average molecular weight is 254 g/mol. The summed E-state index contributed by atoms with van der Waals surface area (Å²) in [4.78, 5) is 11.7. The molecule has 3 N–H and O–H groups in total. The lowest BCUT2D eigenvalue weighted by atomic mass is 10.1. The minimum atomic E-state index is -0.480. The first-order valence-corrected chi connectivity index (χ1v) is 5.94. The minimum absolute atomic E-state index is 0.0607. The van der Waals surface area contributed by atoms with Gasteiger partial charge in [-0.2, -0.15) is 0 Å². The van der Waals surface area contributed by atoms with Crippen molar-refractivity contribution in [3.63, 3.8) is 0 Å². The van der Waals surface area contributed by atoms with Crippen LogP contribution in [0.1, 0.15) is 22.8 Å². The molecule has 1 atom stereocenters. The maximum absolute atomic E-state index is 13.6. The summed E-state index contributed by atoms with van der Waals surface area (Å²) in [7, 11) is 0. The molecule has 100 valence electrons. The highest BCUT2D eigenvalue weighted by molar-refractivity contribution is 5.94. The molecule has 0 aliphatic carbocycles. The van der Waals surface area contributed by atoms with E-state index in [0.717, 1.165) is 0 Å². The van der Waals surface area contributed by atoms with Gasteiger partial charge in [0.1, 0.15) is 5.82 Å². The third kappa shape index (κ3) is 4.43. The Labute approximate surface area is 106 Å². The molecule has 5 heteroatoms. The van der Waals surface area contributed by atoms with Gasteiger partial charge in [-0.25, -0.2) is 4.39 Å². The van der Waals surface area contributed by atoms with E-state index in [1.807, 2.05) is 0 Å². The number of aliphatic hydroxyl groups excluding tert-OH is 1. The molecule has 1 amide bonds. The molecule has 0 aliphatic rings. The van der Waals surface area contributed by atoms with Crippen LogP contribution in [0.5, 0.6) is 0 Å². The van der Waals surface area contributed by atoms with Crippen molar-refractivity contribution in [3.8, 4) is 0 Å². The third-order valence-electron chi connectivity index (χ3n) is 2.46. The van der Waals surface area contributed by atoms with E-state index in [0.29, 0.717) is 25.2 Å². The van der Waals surface area contributed by atoms with Crippen molar-refractivity contribution in [2.75, 3.05) is 19.6 Å². The highest BCUT2D eigenvalue weighted by Gasteiger charge is 2.12. The molecule has 0 radical (unpaired) electrons. The number of nitrogens with one attached hydrogen (secondary N) is 2. The molecule has 18 heavy (non-hydrogen) atoms. The maximum atomic E-state index is 13.6. The summed E-state index contributed by atoms with van der Waals surface area (Å²) >= 11 is 0. The molecule has 4 nitrogen and oxygen atoms in total. The predicted molar refractivity (Wildman–Crippen MR) is 68.0 cm³/mol. The van der Waals surface area contributed by atoms with Crippen LogP contribution in [0.4, 0.5) is 4.39 Å². The number of hydrogen-bond acceptors (Lipinski definition) is 3. The monoisotopic (exact) mass is 254 g/mol. The molecular weight excluding hydrogens is 235 g/mol. The number of amides is 1. The Morgan fingerprint density at radius 3 is 2.83 bits per heavy atom. The number of rotatable bonds is 6. The van der Waals surface area contributed by atoms with Gasteiger partial charge in [0, 0.05) is 19.6 Å². The van der Waals surface area contributed by atoms with Crippen LogP contribution in [-0.2, 0) is 0 Å². The van der Waals surface area contributed by atoms with E-state index >= 15 is 0 Å². The highest BCUT2D eigenvalue weighted by atomic mass is 19.1. The van der Waals surface area contributed by atoms with E-state index in [1.165, 1.54) is 6.07 Å². The molecule has 0 heterocycles. The van der Waals surface area contributed by atoms with Gasteiger partial charge in [0.25, 0.3) is 5.91 Å². The minimum Gasteiger partial charge on any atom is -0.392 e. The molecule has 0 aliphatic heterocycles. The van der Waals surface area contributed by atoms with Gasteiger partial charge in [-0.15, -0.1) is 0 Å². The Kier molecular flexibility index (Phi) is 5.74. The van der Waals surface area contributed by atoms with Gasteiger partial charge in [0.15, 0.2) is 0 Å². The molecule has 0 aromatic heterocycles. The van der Waals surface area contributed by atoms with E-state index < -0.39 is 17.8 Å². The topological polar surface area (TPSA) is 61.4 Å². The Morgan fingerprint density at radius 1 is 1.44 bits per heavy atom. The van der Waals surface area contributed by atoms with Crippen molar-refractivity contribution in [3.05, 3.63) is 35.1 Å². The summed E-state index contributed by atoms with van der Waals surface area (Å²) in [5.41, 5.74) is 0.514. The van der Waals surface area contributed by atoms with Crippen molar-refractivity contribution in [1.29, 1.82) is 0 Å². The van der Waals surface area contributed by atoms with E-state index in [9.17, 15) is 9.18 Å². The van der Waals surface area contributed by atoms with Crippen LogP contribution < -0.4 is 10.6 Å². The van der Waals surface area contributed by atoms with Crippen molar-refractivity contribution in [2.45, 2.75) is 20.0 Å². The van der Waals surface area contributed by atoms with Gasteiger partial charge >= 0.3 is 0 Å². The van der Waals surface area contributed by atoms with Crippen LogP contribution in [-0.4, -0.2) is 36.8 Å². The summed E-state index contributed by atoms with van der Waals surface area (Å²) in [5, 5.41) is 14.6. The maximum Gasteiger partial charge on any atom is 0.254 e. The fourth-order valence-corrected chi connectivity index (χ4v) is 1.49. The summed E-state index contributed by atoms with van der Waals surface area (Å²) in [6.45, 7) is 4.68. The predicted octanol–water partition coefficient (Wildman–Crippen LogP) is 0.834. The average Bonchev–Trinajstić information content (AvgIpc) is 2.31. The quantitative estimate of drug-likeness (QED) is 0.659. The number of aryl methyl sites for hydroxylation is 1. The molecule has 0 fully saturated rings. The first-order valence-electron chi connectivity index (χ1n) is 5.94. The lowest BCUT2D eigenvalue weighted by molar-refractivity contribution is 0.0949. The second kappa shape index (κ2) is 7.08. The van der Waals surface area contributed by atoms with Gasteiger partial charge < -0.3 is 15.7 Å². The fourth-order valence-electron chi connectivity index (χ4n) is 1.49. The number of aliphatic hydroxyl groups is 1. The lowest BCUT2D eigenvalue weighted by Gasteiger charge is -2.09. The molecule has 0 saturated carbocycles. The van der Waals surface area contributed by atoms with Crippen molar-refractivity contribution in [2.24, 2.45) is 0 Å². The first kappa shape index (κ1) is 14.6. The Bertz CT molecular complexity index is 408. The number of halogens is 1. The SMILES string of the molecule is Cc1cccc(C(=O)NCCNCC(C)O)c1F. The summed E-state index contributed by atoms with van der Waals surface area (Å²) in [6.07, 6.45) is -0.421. The zero-order valence-corrected chi connectivity index (χ0v) is 10.7. The van der Waals surface area contributed by atoms with Gasteiger partial charge in [0.05, 0.1) is 11.7 Å². The smallest absolute Gasteiger partial charge is 0.254 e. The van der Waals surface area contributed by atoms with E-state index in [1.54, 1.807) is 26.0 Å². The van der Waals surface area contributed by atoms with Crippen LogP contribution in [0.3, 0.4) is 0 Å². The fraction of sp³-hybridized carbons (Fsp3) is 0.462. The summed E-state index contributed by atoms with van der Waals surface area (Å²) in [5.74, 6) is -0.901. The zero-order valence-electron chi connectivity index (χ0n) is 10.7. The van der Waals surface area contributed by atoms with Crippen LogP contribution >= 0.6 is 0 Å². The number of carbonyl (C=O) groups is 1. The first-order chi connectivity index (χ1) is 8.52. The normalized spacial score (nSPS) is 12.2. The molecule has 1 aromatic carbocycles. The molecule has 1 rings (SSSR count). The summed E-state index contributed by atoms with van der Waals surface area (Å²) < 4.78 is 13.6. The van der Waals surface area contributed by atoms with Crippen molar-refractivity contribution >= 4 is 5.91 Å². The van der Waals surface area contributed by atoms with E-state index in [4.69, 9.17) is 5.11 Å². The summed E-state index contributed by atoms with van der Waals surface area (Å²) in [6, 6.07) is 4.73.